The van der Waals surface area contributed by atoms with Crippen LogP contribution in [0.15, 0.2) is 12.1 Å². The summed E-state index contributed by atoms with van der Waals surface area (Å²) >= 11 is 5.70. The Hall–Kier alpha value is -1.66. The molecular weight excluding hydrogens is 222 g/mol. The number of aromatic nitrogens is 1. The van der Waals surface area contributed by atoms with E-state index >= 15 is 0 Å². The highest BCUT2D eigenvalue weighted by atomic mass is 35.5. The van der Waals surface area contributed by atoms with Gasteiger partial charge >= 0.3 is 5.69 Å². The molecule has 0 saturated carbocycles. The molecule has 80 valence electrons. The molecule has 1 rings (SSSR count). The fraction of sp³-hybridized carbons (Fsp3) is 0.125. The molecule has 0 fully saturated rings. The highest BCUT2D eigenvalue weighted by molar-refractivity contribution is 6.31. The molecule has 0 bridgehead atoms. The van der Waals surface area contributed by atoms with Gasteiger partial charge < -0.3 is 10.8 Å². The molecule has 6 nitrogen and oxygen atoms in total. The molecular formula is C8H8ClN3O3. The van der Waals surface area contributed by atoms with Crippen LogP contribution < -0.4 is 5.73 Å². The van der Waals surface area contributed by atoms with Crippen molar-refractivity contribution < 1.29 is 10.0 Å². The summed E-state index contributed by atoms with van der Waals surface area (Å²) in [5.41, 5.74) is 5.34. The molecule has 1 aromatic rings. The molecule has 3 N–H and O–H groups in total. The van der Waals surface area contributed by atoms with Gasteiger partial charge in [0.25, 0.3) is 0 Å². The molecule has 0 aliphatic carbocycles. The highest BCUT2D eigenvalue weighted by Gasteiger charge is 2.15. The first-order valence-corrected chi connectivity index (χ1v) is 4.32. The quantitative estimate of drug-likeness (QED) is 0.461. The van der Waals surface area contributed by atoms with Gasteiger partial charge in [0.1, 0.15) is 5.15 Å². The molecule has 1 aromatic heterocycles. The Balaban J connectivity index is 3.23. The Morgan fingerprint density at radius 3 is 2.93 bits per heavy atom. The van der Waals surface area contributed by atoms with Gasteiger partial charge in [0.05, 0.1) is 11.5 Å². The fourth-order valence-electron chi connectivity index (χ4n) is 0.951. The maximum atomic E-state index is 10.5. The van der Waals surface area contributed by atoms with E-state index in [0.717, 1.165) is 0 Å². The van der Waals surface area contributed by atoms with Crippen molar-refractivity contribution in [2.75, 3.05) is 12.3 Å². The third-order valence-electron chi connectivity index (χ3n) is 1.61. The lowest BCUT2D eigenvalue weighted by Gasteiger charge is -2.00. The average molecular weight is 230 g/mol. The summed E-state index contributed by atoms with van der Waals surface area (Å²) in [5.74, 6) is -0.230. The number of hydrogen-bond acceptors (Lipinski definition) is 5. The van der Waals surface area contributed by atoms with Gasteiger partial charge in [-0.2, -0.15) is 0 Å². The lowest BCUT2D eigenvalue weighted by atomic mass is 10.2. The summed E-state index contributed by atoms with van der Waals surface area (Å²) in [4.78, 5) is 13.5. The minimum absolute atomic E-state index is 0.0581. The fourth-order valence-corrected chi connectivity index (χ4v) is 1.16. The highest BCUT2D eigenvalue weighted by Crippen LogP contribution is 2.26. The van der Waals surface area contributed by atoms with Crippen LogP contribution in [0.1, 0.15) is 5.56 Å². The third-order valence-corrected chi connectivity index (χ3v) is 1.91. The molecule has 7 heteroatoms. The number of anilines is 1. The number of aliphatic hydroxyl groups is 1. The van der Waals surface area contributed by atoms with Gasteiger partial charge in [-0.05, 0) is 0 Å². The minimum atomic E-state index is -0.644. The second-order valence-corrected chi connectivity index (χ2v) is 2.97. The van der Waals surface area contributed by atoms with Crippen LogP contribution in [0.3, 0.4) is 0 Å². The normalized spacial score (nSPS) is 10.8. The Morgan fingerprint density at radius 2 is 2.40 bits per heavy atom. The average Bonchev–Trinajstić information content (AvgIpc) is 2.16. The van der Waals surface area contributed by atoms with E-state index < -0.39 is 4.92 Å². The smallest absolute Gasteiger partial charge is 0.311 e. The first-order chi connectivity index (χ1) is 7.06. The Labute approximate surface area is 90.1 Å². The maximum absolute atomic E-state index is 10.5. The molecule has 0 radical (unpaired) electrons. The van der Waals surface area contributed by atoms with Crippen LogP contribution in [0.4, 0.5) is 11.5 Å². The zero-order valence-corrected chi connectivity index (χ0v) is 8.31. The third kappa shape index (κ3) is 2.64. The van der Waals surface area contributed by atoms with Crippen molar-refractivity contribution in [3.8, 4) is 0 Å². The molecule has 0 aliphatic heterocycles. The van der Waals surface area contributed by atoms with E-state index in [4.69, 9.17) is 22.4 Å². The topological polar surface area (TPSA) is 102 Å². The van der Waals surface area contributed by atoms with E-state index in [1.165, 1.54) is 18.2 Å². The molecule has 0 atom stereocenters. The number of rotatable bonds is 3. The van der Waals surface area contributed by atoms with E-state index in [2.05, 4.69) is 4.98 Å². The number of nitrogen functional groups attached to an aromatic ring is 1. The standard InChI is InChI=1S/C8H8ClN3O3/c9-7-5(2-1-3-13)4-6(12(14)15)8(10)11-7/h1-2,4,13H,3H2,(H2,10,11). The predicted molar refractivity (Wildman–Crippen MR) is 56.4 cm³/mol. The number of nitrogens with zero attached hydrogens (tertiary/aromatic N) is 2. The zero-order chi connectivity index (χ0) is 11.4. The predicted octanol–water partition coefficient (Wildman–Crippen LogP) is 1.23. The van der Waals surface area contributed by atoms with Gasteiger partial charge in [0.15, 0.2) is 0 Å². The minimum Gasteiger partial charge on any atom is -0.392 e. The summed E-state index contributed by atoms with van der Waals surface area (Å²) in [6.07, 6.45) is 2.82. The molecule has 15 heavy (non-hydrogen) atoms. The lowest BCUT2D eigenvalue weighted by molar-refractivity contribution is -0.384. The van der Waals surface area contributed by atoms with Crippen LogP contribution in [-0.2, 0) is 0 Å². The van der Waals surface area contributed by atoms with Gasteiger partial charge in [-0.1, -0.05) is 23.8 Å². The van der Waals surface area contributed by atoms with Gasteiger partial charge in [-0.15, -0.1) is 0 Å². The van der Waals surface area contributed by atoms with Crippen molar-refractivity contribution in [2.24, 2.45) is 0 Å². The van der Waals surface area contributed by atoms with Crippen molar-refractivity contribution in [1.82, 2.24) is 4.98 Å². The molecule has 0 saturated heterocycles. The Kier molecular flexibility index (Phi) is 3.59. The molecule has 0 aliphatic rings. The summed E-state index contributed by atoms with van der Waals surface area (Å²) in [7, 11) is 0. The first-order valence-electron chi connectivity index (χ1n) is 3.94. The van der Waals surface area contributed by atoms with Crippen molar-refractivity contribution >= 4 is 29.2 Å². The summed E-state index contributed by atoms with van der Waals surface area (Å²) in [6, 6.07) is 1.21. The summed E-state index contributed by atoms with van der Waals surface area (Å²) < 4.78 is 0. The monoisotopic (exact) mass is 229 g/mol. The number of nitro groups is 1. The number of pyridine rings is 1. The second-order valence-electron chi connectivity index (χ2n) is 2.61. The van der Waals surface area contributed by atoms with Crippen molar-refractivity contribution in [3.05, 3.63) is 33.0 Å². The Bertz CT molecular complexity index is 420. The molecule has 1 heterocycles. The number of aliphatic hydroxyl groups excluding tert-OH is 1. The van der Waals surface area contributed by atoms with E-state index in [0.29, 0.717) is 5.56 Å². The Morgan fingerprint density at radius 1 is 1.73 bits per heavy atom. The van der Waals surface area contributed by atoms with Gasteiger partial charge in [0.2, 0.25) is 5.82 Å². The van der Waals surface area contributed by atoms with Crippen LogP contribution in [-0.4, -0.2) is 21.6 Å². The van der Waals surface area contributed by atoms with Crippen LogP contribution in [0.2, 0.25) is 5.15 Å². The number of hydrogen-bond donors (Lipinski definition) is 2. The van der Waals surface area contributed by atoms with Crippen LogP contribution in [0.5, 0.6) is 0 Å². The largest absolute Gasteiger partial charge is 0.392 e. The van der Waals surface area contributed by atoms with Crippen LogP contribution in [0, 0.1) is 10.1 Å². The molecule has 0 amide bonds. The molecule has 0 aromatic carbocycles. The van der Waals surface area contributed by atoms with Gasteiger partial charge in [0, 0.05) is 11.6 Å². The summed E-state index contributed by atoms with van der Waals surface area (Å²) in [5, 5.41) is 19.1. The van der Waals surface area contributed by atoms with Gasteiger partial charge in [-0.3, -0.25) is 10.1 Å². The number of halogens is 1. The van der Waals surface area contributed by atoms with Crippen LogP contribution >= 0.6 is 11.6 Å². The lowest BCUT2D eigenvalue weighted by Crippen LogP contribution is -1.99. The van der Waals surface area contributed by atoms with E-state index in [1.54, 1.807) is 0 Å². The van der Waals surface area contributed by atoms with Crippen molar-refractivity contribution in [3.63, 3.8) is 0 Å². The van der Waals surface area contributed by atoms with Gasteiger partial charge in [-0.25, -0.2) is 4.98 Å². The van der Waals surface area contributed by atoms with Crippen LogP contribution in [0.25, 0.3) is 6.08 Å². The van der Waals surface area contributed by atoms with E-state index in [1.807, 2.05) is 0 Å². The SMILES string of the molecule is Nc1nc(Cl)c(C=CCO)cc1[N+](=O)[O-]. The van der Waals surface area contributed by atoms with Crippen molar-refractivity contribution in [2.45, 2.75) is 0 Å². The number of nitrogens with two attached hydrogens (primary N) is 1. The summed E-state index contributed by atoms with van der Waals surface area (Å²) in [6.45, 7) is -0.186. The van der Waals surface area contributed by atoms with Crippen molar-refractivity contribution in [1.29, 1.82) is 0 Å². The molecule has 0 spiro atoms. The second kappa shape index (κ2) is 4.72. The molecule has 0 unspecified atom stereocenters. The van der Waals surface area contributed by atoms with E-state index in [-0.39, 0.29) is 23.3 Å². The maximum Gasteiger partial charge on any atom is 0.311 e. The zero-order valence-electron chi connectivity index (χ0n) is 7.55. The van der Waals surface area contributed by atoms with E-state index in [9.17, 15) is 10.1 Å². The first kappa shape index (κ1) is 11.4.